The largest absolute Gasteiger partial charge is 0.399 e. The van der Waals surface area contributed by atoms with Crippen LogP contribution in [-0.2, 0) is 15.4 Å². The van der Waals surface area contributed by atoms with Gasteiger partial charge in [0.2, 0.25) is 0 Å². The Balaban J connectivity index is 2.10. The Morgan fingerprint density at radius 3 is 2.71 bits per heavy atom. The molecule has 112 valence electrons. The molecule has 2 aromatic rings. The SMILES string of the molecule is CC1(n2nnnc2-c2ccc(N)cc2N)CCS(=O)(=O)C1. The summed E-state index contributed by atoms with van der Waals surface area (Å²) in [6.07, 6.45) is 0.474. The summed E-state index contributed by atoms with van der Waals surface area (Å²) in [4.78, 5) is 0. The number of rotatable bonds is 2. The van der Waals surface area contributed by atoms with Crippen molar-refractivity contribution in [2.75, 3.05) is 23.0 Å². The normalized spacial score (nSPS) is 24.2. The fraction of sp³-hybridized carbons (Fsp3) is 0.417. The quantitative estimate of drug-likeness (QED) is 0.749. The average Bonchev–Trinajstić information content (AvgIpc) is 2.95. The first kappa shape index (κ1) is 13.8. The van der Waals surface area contributed by atoms with Crippen LogP contribution in [0.2, 0.25) is 0 Å². The minimum atomic E-state index is -3.06. The smallest absolute Gasteiger partial charge is 0.184 e. The van der Waals surface area contributed by atoms with Gasteiger partial charge in [0.15, 0.2) is 15.7 Å². The van der Waals surface area contributed by atoms with Crippen molar-refractivity contribution in [2.45, 2.75) is 18.9 Å². The fourth-order valence-corrected chi connectivity index (χ4v) is 4.77. The van der Waals surface area contributed by atoms with E-state index in [-0.39, 0.29) is 11.5 Å². The molecule has 1 atom stereocenters. The van der Waals surface area contributed by atoms with E-state index >= 15 is 0 Å². The summed E-state index contributed by atoms with van der Waals surface area (Å²) in [6.45, 7) is 1.84. The summed E-state index contributed by atoms with van der Waals surface area (Å²) in [7, 11) is -3.06. The molecule has 2 heterocycles. The minimum Gasteiger partial charge on any atom is -0.399 e. The van der Waals surface area contributed by atoms with Crippen LogP contribution in [0.3, 0.4) is 0 Å². The zero-order chi connectivity index (χ0) is 15.3. The molecule has 21 heavy (non-hydrogen) atoms. The lowest BCUT2D eigenvalue weighted by Crippen LogP contribution is -2.33. The van der Waals surface area contributed by atoms with Crippen molar-refractivity contribution in [2.24, 2.45) is 0 Å². The fourth-order valence-electron chi connectivity index (χ4n) is 2.66. The first-order chi connectivity index (χ1) is 9.81. The van der Waals surface area contributed by atoms with E-state index in [1.807, 2.05) is 6.92 Å². The molecule has 1 aliphatic heterocycles. The second-order valence-corrected chi connectivity index (χ2v) is 7.78. The third-order valence-electron chi connectivity index (χ3n) is 3.78. The molecule has 0 amide bonds. The van der Waals surface area contributed by atoms with E-state index in [0.29, 0.717) is 29.2 Å². The van der Waals surface area contributed by atoms with Gasteiger partial charge in [-0.15, -0.1) is 5.10 Å². The van der Waals surface area contributed by atoms with Crippen LogP contribution in [0.5, 0.6) is 0 Å². The lowest BCUT2D eigenvalue weighted by molar-refractivity contribution is 0.325. The number of anilines is 2. The van der Waals surface area contributed by atoms with Crippen LogP contribution in [0.15, 0.2) is 18.2 Å². The molecule has 1 saturated heterocycles. The zero-order valence-corrected chi connectivity index (χ0v) is 12.3. The van der Waals surface area contributed by atoms with Gasteiger partial charge in [-0.1, -0.05) is 0 Å². The third kappa shape index (κ3) is 2.33. The summed E-state index contributed by atoms with van der Waals surface area (Å²) in [5, 5.41) is 11.7. The number of hydrogen-bond donors (Lipinski definition) is 2. The predicted octanol–water partition coefficient (Wildman–Crippen LogP) is 0.0382. The molecule has 8 nitrogen and oxygen atoms in total. The number of nitrogens with two attached hydrogens (primary N) is 2. The van der Waals surface area contributed by atoms with Crippen molar-refractivity contribution in [3.8, 4) is 11.4 Å². The molecule has 1 fully saturated rings. The van der Waals surface area contributed by atoms with E-state index in [1.165, 1.54) is 0 Å². The van der Waals surface area contributed by atoms with Crippen molar-refractivity contribution < 1.29 is 8.42 Å². The van der Waals surface area contributed by atoms with Gasteiger partial charge < -0.3 is 11.5 Å². The Hall–Kier alpha value is -2.16. The molecule has 0 spiro atoms. The van der Waals surface area contributed by atoms with Gasteiger partial charge in [0.1, 0.15) is 0 Å². The lowest BCUT2D eigenvalue weighted by atomic mass is 10.0. The van der Waals surface area contributed by atoms with Gasteiger partial charge in [0, 0.05) is 16.9 Å². The Morgan fingerprint density at radius 2 is 2.10 bits per heavy atom. The van der Waals surface area contributed by atoms with Crippen LogP contribution < -0.4 is 11.5 Å². The lowest BCUT2D eigenvalue weighted by Gasteiger charge is -2.23. The van der Waals surface area contributed by atoms with Crippen LogP contribution >= 0.6 is 0 Å². The van der Waals surface area contributed by atoms with Gasteiger partial charge in [-0.05, 0) is 42.0 Å². The highest BCUT2D eigenvalue weighted by atomic mass is 32.2. The third-order valence-corrected chi connectivity index (χ3v) is 5.67. The maximum absolute atomic E-state index is 11.8. The van der Waals surface area contributed by atoms with Gasteiger partial charge in [0.05, 0.1) is 17.0 Å². The number of aromatic nitrogens is 4. The van der Waals surface area contributed by atoms with Crippen LogP contribution in [0.1, 0.15) is 13.3 Å². The standard InChI is InChI=1S/C12H16N6O2S/c1-12(4-5-21(19,20)7-12)18-11(15-16-17-18)9-3-2-8(13)6-10(9)14/h2-3,6H,4-5,7,13-14H2,1H3. The average molecular weight is 308 g/mol. The molecule has 1 aliphatic rings. The van der Waals surface area contributed by atoms with Crippen molar-refractivity contribution in [3.05, 3.63) is 18.2 Å². The van der Waals surface area contributed by atoms with E-state index in [0.717, 1.165) is 0 Å². The highest BCUT2D eigenvalue weighted by Crippen LogP contribution is 2.34. The zero-order valence-electron chi connectivity index (χ0n) is 11.5. The van der Waals surface area contributed by atoms with Crippen molar-refractivity contribution in [3.63, 3.8) is 0 Å². The highest BCUT2D eigenvalue weighted by Gasteiger charge is 2.42. The minimum absolute atomic E-state index is 0.0208. The number of nitrogens with zero attached hydrogens (tertiary/aromatic N) is 4. The number of hydrogen-bond acceptors (Lipinski definition) is 7. The summed E-state index contributed by atoms with van der Waals surface area (Å²) in [6, 6.07) is 5.07. The summed E-state index contributed by atoms with van der Waals surface area (Å²) < 4.78 is 25.1. The first-order valence-electron chi connectivity index (χ1n) is 6.45. The molecule has 0 radical (unpaired) electrons. The van der Waals surface area contributed by atoms with E-state index in [2.05, 4.69) is 15.5 Å². The van der Waals surface area contributed by atoms with Gasteiger partial charge in [-0.25, -0.2) is 13.1 Å². The molecular weight excluding hydrogens is 292 g/mol. The van der Waals surface area contributed by atoms with Gasteiger partial charge in [0.25, 0.3) is 0 Å². The molecule has 0 bridgehead atoms. The Morgan fingerprint density at radius 1 is 1.33 bits per heavy atom. The van der Waals surface area contributed by atoms with Crippen LogP contribution in [-0.4, -0.2) is 40.1 Å². The number of benzene rings is 1. The van der Waals surface area contributed by atoms with E-state index in [1.54, 1.807) is 22.9 Å². The molecule has 9 heteroatoms. The topological polar surface area (TPSA) is 130 Å². The molecule has 1 aromatic carbocycles. The maximum Gasteiger partial charge on any atom is 0.184 e. The van der Waals surface area contributed by atoms with Crippen molar-refractivity contribution >= 4 is 21.2 Å². The molecule has 1 unspecified atom stereocenters. The molecule has 0 aliphatic carbocycles. The maximum atomic E-state index is 11.8. The van der Waals surface area contributed by atoms with E-state index in [4.69, 9.17) is 11.5 Å². The van der Waals surface area contributed by atoms with Crippen LogP contribution in [0.4, 0.5) is 11.4 Å². The van der Waals surface area contributed by atoms with Crippen molar-refractivity contribution in [1.82, 2.24) is 20.2 Å². The van der Waals surface area contributed by atoms with Crippen LogP contribution in [0.25, 0.3) is 11.4 Å². The Bertz CT molecular complexity index is 800. The molecule has 3 rings (SSSR count). The van der Waals surface area contributed by atoms with Crippen LogP contribution in [0, 0.1) is 0 Å². The molecule has 0 saturated carbocycles. The van der Waals surface area contributed by atoms with E-state index in [9.17, 15) is 8.42 Å². The van der Waals surface area contributed by atoms with Gasteiger partial charge in [-0.2, -0.15) is 0 Å². The number of nitrogen functional groups attached to an aromatic ring is 2. The first-order valence-corrected chi connectivity index (χ1v) is 8.28. The number of tetrazole rings is 1. The second kappa shape index (κ2) is 4.42. The van der Waals surface area contributed by atoms with Gasteiger partial charge >= 0.3 is 0 Å². The number of sulfone groups is 1. The summed E-state index contributed by atoms with van der Waals surface area (Å²) >= 11 is 0. The van der Waals surface area contributed by atoms with Gasteiger partial charge in [-0.3, -0.25) is 0 Å². The molecule has 1 aromatic heterocycles. The molecular formula is C12H16N6O2S. The monoisotopic (exact) mass is 308 g/mol. The summed E-state index contributed by atoms with van der Waals surface area (Å²) in [5.41, 5.74) is 12.6. The Labute approximate surface area is 122 Å². The molecule has 4 N–H and O–H groups in total. The predicted molar refractivity (Wildman–Crippen MR) is 79.0 cm³/mol. The summed E-state index contributed by atoms with van der Waals surface area (Å²) in [5.74, 6) is 0.611. The van der Waals surface area contributed by atoms with Crippen molar-refractivity contribution in [1.29, 1.82) is 0 Å². The highest BCUT2D eigenvalue weighted by molar-refractivity contribution is 7.91. The second-order valence-electron chi connectivity index (χ2n) is 5.60. The van der Waals surface area contributed by atoms with E-state index < -0.39 is 15.4 Å². The Kier molecular flexibility index (Phi) is 2.90.